The first kappa shape index (κ1) is 15.9. The van der Waals surface area contributed by atoms with Gasteiger partial charge in [0.2, 0.25) is 0 Å². The second-order valence-electron chi connectivity index (χ2n) is 4.86. The molecular weight excluding hydrogens is 334 g/mol. The van der Waals surface area contributed by atoms with Gasteiger partial charge in [-0.15, -0.1) is 0 Å². The molecule has 1 aromatic heterocycles. The van der Waals surface area contributed by atoms with E-state index in [9.17, 15) is 0 Å². The van der Waals surface area contributed by atoms with Crippen molar-refractivity contribution in [2.45, 2.75) is 26.4 Å². The maximum Gasteiger partial charge on any atom is 0.174 e. The van der Waals surface area contributed by atoms with Gasteiger partial charge in [-0.3, -0.25) is 0 Å². The molecule has 0 fully saturated rings. The van der Waals surface area contributed by atoms with Crippen LogP contribution in [0.25, 0.3) is 0 Å². The molecule has 0 saturated heterocycles. The summed E-state index contributed by atoms with van der Waals surface area (Å²) < 4.78 is 17.2. The standard InChI is InChI=1S/C16H20BrNO3/c1-10-5-6-14(21-10)11(2)18-9-12-7-13(17)16(20-4)15(8-12)19-3/h5-8,11,18H,9H2,1-4H3. The van der Waals surface area contributed by atoms with E-state index in [4.69, 9.17) is 13.9 Å². The van der Waals surface area contributed by atoms with Gasteiger partial charge in [0.05, 0.1) is 24.7 Å². The summed E-state index contributed by atoms with van der Waals surface area (Å²) in [6.45, 7) is 4.73. The summed E-state index contributed by atoms with van der Waals surface area (Å²) in [5.74, 6) is 3.28. The summed E-state index contributed by atoms with van der Waals surface area (Å²) in [4.78, 5) is 0. The average molecular weight is 354 g/mol. The Balaban J connectivity index is 2.08. The van der Waals surface area contributed by atoms with Crippen LogP contribution in [0.3, 0.4) is 0 Å². The second kappa shape index (κ2) is 7.00. The minimum absolute atomic E-state index is 0.144. The molecule has 1 heterocycles. The van der Waals surface area contributed by atoms with Gasteiger partial charge in [-0.1, -0.05) is 0 Å². The van der Waals surface area contributed by atoms with Crippen LogP contribution in [0.4, 0.5) is 0 Å². The predicted molar refractivity (Wildman–Crippen MR) is 85.9 cm³/mol. The Hall–Kier alpha value is -1.46. The first-order valence-electron chi connectivity index (χ1n) is 6.75. The number of rotatable bonds is 6. The van der Waals surface area contributed by atoms with Gasteiger partial charge in [0.1, 0.15) is 11.5 Å². The van der Waals surface area contributed by atoms with Crippen LogP contribution in [0.5, 0.6) is 11.5 Å². The van der Waals surface area contributed by atoms with E-state index < -0.39 is 0 Å². The SMILES string of the molecule is COc1cc(CNC(C)c2ccc(C)o2)cc(Br)c1OC. The molecule has 0 aliphatic heterocycles. The quantitative estimate of drug-likeness (QED) is 0.844. The van der Waals surface area contributed by atoms with Crippen molar-refractivity contribution in [1.29, 1.82) is 0 Å². The number of aryl methyl sites for hydroxylation is 1. The van der Waals surface area contributed by atoms with Crippen molar-refractivity contribution in [3.8, 4) is 11.5 Å². The van der Waals surface area contributed by atoms with Gasteiger partial charge in [-0.2, -0.15) is 0 Å². The van der Waals surface area contributed by atoms with E-state index in [1.807, 2.05) is 31.2 Å². The number of halogens is 1. The van der Waals surface area contributed by atoms with Crippen LogP contribution in [-0.2, 0) is 6.54 Å². The smallest absolute Gasteiger partial charge is 0.174 e. The van der Waals surface area contributed by atoms with Crippen molar-refractivity contribution in [1.82, 2.24) is 5.32 Å². The number of hydrogen-bond acceptors (Lipinski definition) is 4. The molecule has 0 aliphatic rings. The Morgan fingerprint density at radius 2 is 2.00 bits per heavy atom. The Kier molecular flexibility index (Phi) is 5.31. The highest BCUT2D eigenvalue weighted by Crippen LogP contribution is 2.36. The third-order valence-corrected chi connectivity index (χ3v) is 3.88. The summed E-state index contributed by atoms with van der Waals surface area (Å²) in [5, 5.41) is 3.43. The van der Waals surface area contributed by atoms with Crippen molar-refractivity contribution in [3.05, 3.63) is 45.8 Å². The third-order valence-electron chi connectivity index (χ3n) is 3.29. The predicted octanol–water partition coefficient (Wildman–Crippen LogP) is 4.22. The van der Waals surface area contributed by atoms with Gasteiger partial charge in [0, 0.05) is 6.54 Å². The summed E-state index contributed by atoms with van der Waals surface area (Å²) in [7, 11) is 3.26. The topological polar surface area (TPSA) is 43.6 Å². The summed E-state index contributed by atoms with van der Waals surface area (Å²) in [6, 6.07) is 8.11. The molecule has 1 N–H and O–H groups in total. The molecule has 2 aromatic rings. The number of hydrogen-bond donors (Lipinski definition) is 1. The van der Waals surface area contributed by atoms with Gasteiger partial charge < -0.3 is 19.2 Å². The lowest BCUT2D eigenvalue weighted by Gasteiger charge is -2.14. The maximum atomic E-state index is 5.62. The molecule has 1 unspecified atom stereocenters. The van der Waals surface area contributed by atoms with Crippen LogP contribution in [0.1, 0.15) is 30.0 Å². The molecule has 4 nitrogen and oxygen atoms in total. The molecule has 0 spiro atoms. The molecule has 0 aliphatic carbocycles. The van der Waals surface area contributed by atoms with Crippen LogP contribution in [-0.4, -0.2) is 14.2 Å². The molecular formula is C16H20BrNO3. The zero-order chi connectivity index (χ0) is 15.4. The molecule has 5 heteroatoms. The molecule has 0 amide bonds. The minimum atomic E-state index is 0.144. The van der Waals surface area contributed by atoms with Gasteiger partial charge in [-0.05, 0) is 59.6 Å². The number of benzene rings is 1. The highest BCUT2D eigenvalue weighted by Gasteiger charge is 2.12. The van der Waals surface area contributed by atoms with Crippen LogP contribution in [0, 0.1) is 6.92 Å². The van der Waals surface area contributed by atoms with Crippen LogP contribution in [0.2, 0.25) is 0 Å². The third kappa shape index (κ3) is 3.80. The Morgan fingerprint density at radius 3 is 2.57 bits per heavy atom. The average Bonchev–Trinajstić information content (AvgIpc) is 2.90. The number of ether oxygens (including phenoxy) is 2. The van der Waals surface area contributed by atoms with Crippen molar-refractivity contribution < 1.29 is 13.9 Å². The zero-order valence-electron chi connectivity index (χ0n) is 12.7. The first-order valence-corrected chi connectivity index (χ1v) is 7.54. The van der Waals surface area contributed by atoms with Crippen molar-refractivity contribution >= 4 is 15.9 Å². The van der Waals surface area contributed by atoms with E-state index in [0.29, 0.717) is 18.0 Å². The fourth-order valence-corrected chi connectivity index (χ4v) is 2.78. The van der Waals surface area contributed by atoms with Gasteiger partial charge >= 0.3 is 0 Å². The summed E-state index contributed by atoms with van der Waals surface area (Å²) in [6.07, 6.45) is 0. The van der Waals surface area contributed by atoms with E-state index >= 15 is 0 Å². The van der Waals surface area contributed by atoms with Crippen molar-refractivity contribution in [2.75, 3.05) is 14.2 Å². The van der Waals surface area contributed by atoms with Gasteiger partial charge in [-0.25, -0.2) is 0 Å². The van der Waals surface area contributed by atoms with Crippen LogP contribution >= 0.6 is 15.9 Å². The lowest BCUT2D eigenvalue weighted by atomic mass is 10.1. The Morgan fingerprint density at radius 1 is 1.24 bits per heavy atom. The molecule has 1 aromatic carbocycles. The minimum Gasteiger partial charge on any atom is -0.493 e. The number of furan rings is 1. The monoisotopic (exact) mass is 353 g/mol. The molecule has 2 rings (SSSR count). The number of nitrogens with one attached hydrogen (secondary N) is 1. The molecule has 0 bridgehead atoms. The lowest BCUT2D eigenvalue weighted by molar-refractivity contribution is 0.352. The second-order valence-corrected chi connectivity index (χ2v) is 5.72. The fraction of sp³-hybridized carbons (Fsp3) is 0.375. The van der Waals surface area contributed by atoms with E-state index in [0.717, 1.165) is 21.6 Å². The summed E-state index contributed by atoms with van der Waals surface area (Å²) in [5.41, 5.74) is 1.11. The van der Waals surface area contributed by atoms with Gasteiger partial charge in [0.25, 0.3) is 0 Å². The Bertz CT molecular complexity index is 610. The molecule has 0 saturated carbocycles. The van der Waals surface area contributed by atoms with Crippen LogP contribution in [0.15, 0.2) is 33.2 Å². The highest BCUT2D eigenvalue weighted by molar-refractivity contribution is 9.10. The lowest BCUT2D eigenvalue weighted by Crippen LogP contribution is -2.17. The number of methoxy groups -OCH3 is 2. The van der Waals surface area contributed by atoms with Gasteiger partial charge in [0.15, 0.2) is 11.5 Å². The first-order chi connectivity index (χ1) is 10.0. The normalized spacial score (nSPS) is 12.2. The van der Waals surface area contributed by atoms with E-state index in [-0.39, 0.29) is 6.04 Å². The molecule has 114 valence electrons. The fourth-order valence-electron chi connectivity index (χ4n) is 2.13. The van der Waals surface area contributed by atoms with Crippen molar-refractivity contribution in [3.63, 3.8) is 0 Å². The van der Waals surface area contributed by atoms with E-state index in [2.05, 4.69) is 28.2 Å². The maximum absolute atomic E-state index is 5.62. The molecule has 1 atom stereocenters. The van der Waals surface area contributed by atoms with E-state index in [1.165, 1.54) is 0 Å². The molecule has 21 heavy (non-hydrogen) atoms. The highest BCUT2D eigenvalue weighted by atomic mass is 79.9. The summed E-state index contributed by atoms with van der Waals surface area (Å²) >= 11 is 3.50. The van der Waals surface area contributed by atoms with Crippen molar-refractivity contribution in [2.24, 2.45) is 0 Å². The van der Waals surface area contributed by atoms with Crippen LogP contribution < -0.4 is 14.8 Å². The zero-order valence-corrected chi connectivity index (χ0v) is 14.3. The molecule has 0 radical (unpaired) electrons. The Labute approximate surface area is 133 Å². The largest absolute Gasteiger partial charge is 0.493 e. The van der Waals surface area contributed by atoms with E-state index in [1.54, 1.807) is 14.2 Å².